The maximum Gasteiger partial charge on any atom is 0.125 e. The third-order valence-corrected chi connectivity index (χ3v) is 3.80. The van der Waals surface area contributed by atoms with Gasteiger partial charge in [0.1, 0.15) is 5.75 Å². The third-order valence-electron chi connectivity index (χ3n) is 3.80. The van der Waals surface area contributed by atoms with Gasteiger partial charge in [-0.05, 0) is 50.7 Å². The Morgan fingerprint density at radius 2 is 2.11 bits per heavy atom. The van der Waals surface area contributed by atoms with Crippen molar-refractivity contribution < 1.29 is 9.84 Å². The molecule has 18 heavy (non-hydrogen) atoms. The average molecular weight is 248 g/mol. The molecule has 2 heteroatoms. The molecule has 0 saturated heterocycles. The number of ether oxygens (including phenoxy) is 1. The number of aliphatic hydroxyl groups is 1. The standard InChI is InChI=1S/C16H24O2/c1-11-5-4-6-14(9-11)18-16-10-12(2)7-8-15(16)13(3)17/h7-8,10-11,13-14,17H,4-6,9H2,1-3H3/t11?,13-,14?/m1/s1. The Morgan fingerprint density at radius 1 is 1.33 bits per heavy atom. The topological polar surface area (TPSA) is 29.5 Å². The van der Waals surface area contributed by atoms with Gasteiger partial charge in [0.15, 0.2) is 0 Å². The normalized spacial score (nSPS) is 25.8. The Kier molecular flexibility index (Phi) is 4.28. The highest BCUT2D eigenvalue weighted by atomic mass is 16.5. The van der Waals surface area contributed by atoms with E-state index in [9.17, 15) is 5.11 Å². The lowest BCUT2D eigenvalue weighted by molar-refractivity contribution is 0.121. The van der Waals surface area contributed by atoms with Crippen molar-refractivity contribution in [2.45, 2.75) is 58.7 Å². The van der Waals surface area contributed by atoms with Crippen LogP contribution in [0.4, 0.5) is 0 Å². The monoisotopic (exact) mass is 248 g/mol. The highest BCUT2D eigenvalue weighted by Crippen LogP contribution is 2.31. The van der Waals surface area contributed by atoms with Crippen molar-refractivity contribution >= 4 is 0 Å². The molecule has 3 atom stereocenters. The van der Waals surface area contributed by atoms with Crippen LogP contribution in [0.2, 0.25) is 0 Å². The van der Waals surface area contributed by atoms with Crippen LogP contribution in [-0.4, -0.2) is 11.2 Å². The molecule has 0 amide bonds. The van der Waals surface area contributed by atoms with Gasteiger partial charge in [0.2, 0.25) is 0 Å². The Balaban J connectivity index is 2.14. The molecule has 0 aliphatic heterocycles. The number of aryl methyl sites for hydroxylation is 1. The second-order valence-electron chi connectivity index (χ2n) is 5.73. The number of rotatable bonds is 3. The van der Waals surface area contributed by atoms with Gasteiger partial charge in [0.05, 0.1) is 12.2 Å². The zero-order chi connectivity index (χ0) is 13.1. The summed E-state index contributed by atoms with van der Waals surface area (Å²) in [5, 5.41) is 9.80. The SMILES string of the molecule is Cc1ccc([C@@H](C)O)c(OC2CCCC(C)C2)c1. The Morgan fingerprint density at radius 3 is 2.78 bits per heavy atom. The summed E-state index contributed by atoms with van der Waals surface area (Å²) in [6.07, 6.45) is 4.68. The maximum absolute atomic E-state index is 9.80. The highest BCUT2D eigenvalue weighted by Gasteiger charge is 2.21. The van der Waals surface area contributed by atoms with E-state index in [2.05, 4.69) is 13.8 Å². The first-order valence-corrected chi connectivity index (χ1v) is 7.01. The van der Waals surface area contributed by atoms with Crippen LogP contribution in [0.15, 0.2) is 18.2 Å². The van der Waals surface area contributed by atoms with E-state index in [1.807, 2.05) is 18.2 Å². The van der Waals surface area contributed by atoms with E-state index in [1.165, 1.54) is 18.4 Å². The molecule has 1 saturated carbocycles. The minimum absolute atomic E-state index is 0.313. The van der Waals surface area contributed by atoms with E-state index in [0.717, 1.165) is 30.1 Å². The molecule has 2 rings (SSSR count). The fraction of sp³-hybridized carbons (Fsp3) is 0.625. The molecule has 1 aromatic rings. The smallest absolute Gasteiger partial charge is 0.125 e. The summed E-state index contributed by atoms with van der Waals surface area (Å²) in [4.78, 5) is 0. The lowest BCUT2D eigenvalue weighted by atomic mass is 9.88. The molecule has 1 aliphatic carbocycles. The molecule has 0 spiro atoms. The van der Waals surface area contributed by atoms with Crippen LogP contribution in [0.25, 0.3) is 0 Å². The summed E-state index contributed by atoms with van der Waals surface area (Å²) in [7, 11) is 0. The molecule has 0 aromatic heterocycles. The van der Waals surface area contributed by atoms with E-state index < -0.39 is 6.10 Å². The van der Waals surface area contributed by atoms with Crippen LogP contribution in [-0.2, 0) is 0 Å². The number of hydrogen-bond donors (Lipinski definition) is 1. The largest absolute Gasteiger partial charge is 0.490 e. The van der Waals surface area contributed by atoms with Crippen LogP contribution in [0.5, 0.6) is 5.75 Å². The fourth-order valence-electron chi connectivity index (χ4n) is 2.75. The summed E-state index contributed by atoms with van der Waals surface area (Å²) in [6.45, 7) is 6.14. The van der Waals surface area contributed by atoms with Crippen molar-refractivity contribution in [3.8, 4) is 5.75 Å². The van der Waals surface area contributed by atoms with Crippen LogP contribution in [0.1, 0.15) is 56.8 Å². The van der Waals surface area contributed by atoms with Gasteiger partial charge in [0.25, 0.3) is 0 Å². The van der Waals surface area contributed by atoms with Gasteiger partial charge in [-0.1, -0.05) is 25.5 Å². The third kappa shape index (κ3) is 3.26. The summed E-state index contributed by atoms with van der Waals surface area (Å²) in [6, 6.07) is 6.04. The molecule has 1 aliphatic rings. The van der Waals surface area contributed by atoms with E-state index >= 15 is 0 Å². The first-order chi connectivity index (χ1) is 8.56. The lowest BCUT2D eigenvalue weighted by Gasteiger charge is -2.28. The summed E-state index contributed by atoms with van der Waals surface area (Å²) >= 11 is 0. The summed E-state index contributed by atoms with van der Waals surface area (Å²) < 4.78 is 6.14. The van der Waals surface area contributed by atoms with Crippen molar-refractivity contribution in [1.29, 1.82) is 0 Å². The Hall–Kier alpha value is -1.02. The van der Waals surface area contributed by atoms with E-state index in [1.54, 1.807) is 6.92 Å². The van der Waals surface area contributed by atoms with Crippen molar-refractivity contribution in [2.24, 2.45) is 5.92 Å². The highest BCUT2D eigenvalue weighted by molar-refractivity contribution is 5.38. The lowest BCUT2D eigenvalue weighted by Crippen LogP contribution is -2.24. The molecule has 100 valence electrons. The molecule has 1 fully saturated rings. The van der Waals surface area contributed by atoms with E-state index in [-0.39, 0.29) is 0 Å². The zero-order valence-electron chi connectivity index (χ0n) is 11.6. The molecule has 2 unspecified atom stereocenters. The van der Waals surface area contributed by atoms with Gasteiger partial charge in [-0.3, -0.25) is 0 Å². The predicted molar refractivity (Wildman–Crippen MR) is 73.9 cm³/mol. The van der Waals surface area contributed by atoms with Crippen molar-refractivity contribution in [3.05, 3.63) is 29.3 Å². The van der Waals surface area contributed by atoms with Gasteiger partial charge in [-0.25, -0.2) is 0 Å². The maximum atomic E-state index is 9.80. The summed E-state index contributed by atoms with van der Waals surface area (Å²) in [5.74, 6) is 1.62. The molecule has 1 N–H and O–H groups in total. The van der Waals surface area contributed by atoms with Crippen LogP contribution in [0.3, 0.4) is 0 Å². The Labute approximate surface area is 110 Å². The van der Waals surface area contributed by atoms with E-state index in [0.29, 0.717) is 6.10 Å². The van der Waals surface area contributed by atoms with Crippen molar-refractivity contribution in [1.82, 2.24) is 0 Å². The number of hydrogen-bond acceptors (Lipinski definition) is 2. The van der Waals surface area contributed by atoms with E-state index in [4.69, 9.17) is 4.74 Å². The summed E-state index contributed by atoms with van der Waals surface area (Å²) in [5.41, 5.74) is 2.08. The first-order valence-electron chi connectivity index (χ1n) is 7.01. The minimum atomic E-state index is -0.471. The predicted octanol–water partition coefficient (Wildman–Crippen LogP) is 4.01. The Bertz CT molecular complexity index is 398. The van der Waals surface area contributed by atoms with Crippen LogP contribution >= 0.6 is 0 Å². The fourth-order valence-corrected chi connectivity index (χ4v) is 2.75. The molecular formula is C16H24O2. The molecule has 0 heterocycles. The molecule has 0 radical (unpaired) electrons. The van der Waals surface area contributed by atoms with Gasteiger partial charge in [0, 0.05) is 5.56 Å². The van der Waals surface area contributed by atoms with Crippen LogP contribution < -0.4 is 4.74 Å². The average Bonchev–Trinajstić information content (AvgIpc) is 2.28. The second kappa shape index (κ2) is 5.75. The quantitative estimate of drug-likeness (QED) is 0.876. The van der Waals surface area contributed by atoms with Crippen molar-refractivity contribution in [2.75, 3.05) is 0 Å². The van der Waals surface area contributed by atoms with Gasteiger partial charge in [-0.2, -0.15) is 0 Å². The molecule has 0 bridgehead atoms. The first kappa shape index (κ1) is 13.4. The van der Waals surface area contributed by atoms with Gasteiger partial charge in [-0.15, -0.1) is 0 Å². The molecule has 1 aromatic carbocycles. The van der Waals surface area contributed by atoms with Gasteiger partial charge >= 0.3 is 0 Å². The molecule has 2 nitrogen and oxygen atoms in total. The molecular weight excluding hydrogens is 224 g/mol. The van der Waals surface area contributed by atoms with Crippen LogP contribution in [0, 0.1) is 12.8 Å². The second-order valence-corrected chi connectivity index (χ2v) is 5.73. The van der Waals surface area contributed by atoms with Gasteiger partial charge < -0.3 is 9.84 Å². The minimum Gasteiger partial charge on any atom is -0.490 e. The van der Waals surface area contributed by atoms with Crippen molar-refractivity contribution in [3.63, 3.8) is 0 Å². The zero-order valence-corrected chi connectivity index (χ0v) is 11.6. The number of aliphatic hydroxyl groups excluding tert-OH is 1. The number of benzene rings is 1.